The van der Waals surface area contributed by atoms with Crippen LogP contribution in [0.15, 0.2) is 53.9 Å². The van der Waals surface area contributed by atoms with E-state index in [2.05, 4.69) is 26.8 Å². The number of fused-ring (bicyclic) bond motifs is 1. The van der Waals surface area contributed by atoms with Gasteiger partial charge in [-0.15, -0.1) is 0 Å². The molecule has 37 heavy (non-hydrogen) atoms. The van der Waals surface area contributed by atoms with Crippen LogP contribution in [0.25, 0.3) is 16.8 Å². The molecule has 1 aromatic carbocycles. The molecule has 0 radical (unpaired) electrons. The van der Waals surface area contributed by atoms with Crippen LogP contribution in [0.2, 0.25) is 0 Å². The number of nitrogens with zero attached hydrogens (tertiary/aromatic N) is 6. The highest BCUT2D eigenvalue weighted by atomic mass is 16.5. The molecular weight excluding hydrogens is 468 g/mol. The summed E-state index contributed by atoms with van der Waals surface area (Å²) in [6.07, 6.45) is 5.04. The van der Waals surface area contributed by atoms with Crippen LogP contribution in [0, 0.1) is 18.8 Å². The molecule has 0 fully saturated rings. The third kappa shape index (κ3) is 4.92. The molecule has 3 aromatic heterocycles. The lowest BCUT2D eigenvalue weighted by atomic mass is 10.1. The number of anilines is 1. The first kappa shape index (κ1) is 25.2. The van der Waals surface area contributed by atoms with Gasteiger partial charge in [-0.2, -0.15) is 0 Å². The molecular formula is C27H28N8O2. The number of methoxy groups -OCH3 is 1. The second kappa shape index (κ2) is 10.4. The van der Waals surface area contributed by atoms with Gasteiger partial charge < -0.3 is 21.1 Å². The lowest BCUT2D eigenvalue weighted by molar-refractivity contribution is -0.125. The van der Waals surface area contributed by atoms with Gasteiger partial charge in [0.2, 0.25) is 0 Å². The minimum atomic E-state index is -0.387. The molecule has 0 bridgehead atoms. The normalized spacial score (nSPS) is 12.1. The van der Waals surface area contributed by atoms with E-state index in [1.807, 2.05) is 48.6 Å². The first-order valence-electron chi connectivity index (χ1n) is 11.5. The van der Waals surface area contributed by atoms with Crippen molar-refractivity contribution in [2.75, 3.05) is 19.9 Å². The number of amides is 1. The van der Waals surface area contributed by atoms with Crippen molar-refractivity contribution >= 4 is 28.9 Å². The van der Waals surface area contributed by atoms with E-state index < -0.39 is 0 Å². The number of pyridine rings is 1. The van der Waals surface area contributed by atoms with E-state index in [-0.39, 0.29) is 17.8 Å². The number of hydrogen-bond acceptors (Lipinski definition) is 7. The Morgan fingerprint density at radius 3 is 2.70 bits per heavy atom. The zero-order valence-corrected chi connectivity index (χ0v) is 21.4. The monoisotopic (exact) mass is 496 g/mol. The quantitative estimate of drug-likeness (QED) is 0.237. The fourth-order valence-corrected chi connectivity index (χ4v) is 3.94. The van der Waals surface area contributed by atoms with Crippen LogP contribution in [0.3, 0.4) is 0 Å². The molecule has 4 N–H and O–H groups in total. The second-order valence-corrected chi connectivity index (χ2v) is 8.42. The summed E-state index contributed by atoms with van der Waals surface area (Å²) in [5.41, 5.74) is 16.2. The minimum Gasteiger partial charge on any atom is -0.496 e. The second-order valence-electron chi connectivity index (χ2n) is 8.42. The summed E-state index contributed by atoms with van der Waals surface area (Å²) in [5, 5.41) is 0. The Balaban J connectivity index is 1.81. The smallest absolute Gasteiger partial charge is 0.298 e. The average Bonchev–Trinajstić information content (AvgIpc) is 3.28. The van der Waals surface area contributed by atoms with Crippen molar-refractivity contribution in [3.8, 4) is 28.8 Å². The van der Waals surface area contributed by atoms with Crippen LogP contribution in [-0.2, 0) is 4.79 Å². The predicted octanol–water partition coefficient (Wildman–Crippen LogP) is 3.27. The average molecular weight is 497 g/mol. The third-order valence-corrected chi connectivity index (χ3v) is 6.00. The largest absolute Gasteiger partial charge is 0.496 e. The number of ether oxygens (including phenoxy) is 1. The van der Waals surface area contributed by atoms with Crippen LogP contribution in [0.1, 0.15) is 36.8 Å². The number of imidazole rings is 1. The summed E-state index contributed by atoms with van der Waals surface area (Å²) in [6.45, 7) is 5.46. The van der Waals surface area contributed by atoms with Crippen LogP contribution < -0.4 is 16.2 Å². The SMILES string of the molecule is CC#CC(=O)N(C)[C@@H](C)c1nc(-c2ccc(C(N)=Nc3cc(C)ccn3)c(OC)c2)c2c(N)nccn12. The fourth-order valence-electron chi connectivity index (χ4n) is 3.94. The van der Waals surface area contributed by atoms with Gasteiger partial charge in [-0.25, -0.2) is 19.9 Å². The van der Waals surface area contributed by atoms with E-state index in [1.54, 1.807) is 39.7 Å². The number of carbonyl (C=O) groups excluding carboxylic acids is 1. The molecule has 0 saturated carbocycles. The van der Waals surface area contributed by atoms with E-state index in [1.165, 1.54) is 4.90 Å². The number of nitrogen functional groups attached to an aromatic ring is 1. The fraction of sp³-hybridized carbons (Fsp3) is 0.222. The molecule has 0 spiro atoms. The van der Waals surface area contributed by atoms with Gasteiger partial charge >= 0.3 is 0 Å². The molecule has 0 saturated heterocycles. The molecule has 1 amide bonds. The molecule has 3 heterocycles. The molecule has 4 rings (SSSR count). The summed E-state index contributed by atoms with van der Waals surface area (Å²) in [7, 11) is 3.25. The van der Waals surface area contributed by atoms with Gasteiger partial charge in [0.15, 0.2) is 5.82 Å². The Hall–Kier alpha value is -4.91. The number of aromatic nitrogens is 4. The first-order chi connectivity index (χ1) is 17.7. The van der Waals surface area contributed by atoms with Crippen molar-refractivity contribution in [2.24, 2.45) is 10.7 Å². The topological polar surface area (TPSA) is 137 Å². The van der Waals surface area contributed by atoms with Crippen LogP contribution >= 0.6 is 0 Å². The molecule has 10 nitrogen and oxygen atoms in total. The predicted molar refractivity (Wildman–Crippen MR) is 143 cm³/mol. The number of aryl methyl sites for hydroxylation is 1. The summed E-state index contributed by atoms with van der Waals surface area (Å²) < 4.78 is 7.49. The van der Waals surface area contributed by atoms with Crippen molar-refractivity contribution in [2.45, 2.75) is 26.8 Å². The number of rotatable bonds is 6. The number of amidine groups is 1. The molecule has 0 unspecified atom stereocenters. The Bertz CT molecular complexity index is 1580. The van der Waals surface area contributed by atoms with Gasteiger partial charge in [0.05, 0.1) is 18.7 Å². The zero-order chi connectivity index (χ0) is 26.7. The standard InChI is InChI=1S/C27H28N8O2/c1-6-7-22(36)34(4)17(3)27-33-23(24-26(29)31-12-13-35(24)27)18-8-9-19(20(15-18)37-5)25(28)32-21-14-16(2)10-11-30-21/h8-15,17H,1-5H3,(H2,29,31)(H2,28,30,32)/t17-/m0/s1. The molecule has 0 aliphatic carbocycles. The van der Waals surface area contributed by atoms with Crippen molar-refractivity contribution in [3.63, 3.8) is 0 Å². The molecule has 10 heteroatoms. The van der Waals surface area contributed by atoms with Crippen LogP contribution in [0.5, 0.6) is 5.75 Å². The third-order valence-electron chi connectivity index (χ3n) is 6.00. The number of carbonyl (C=O) groups is 1. The van der Waals surface area contributed by atoms with Crippen LogP contribution in [-0.4, -0.2) is 50.2 Å². The number of benzene rings is 1. The number of aliphatic imine (C=N–C) groups is 1. The number of hydrogen-bond donors (Lipinski definition) is 2. The van der Waals surface area contributed by atoms with E-state index >= 15 is 0 Å². The lowest BCUT2D eigenvalue weighted by Gasteiger charge is -2.21. The highest BCUT2D eigenvalue weighted by molar-refractivity contribution is 6.02. The van der Waals surface area contributed by atoms with Crippen molar-refractivity contribution in [1.29, 1.82) is 0 Å². The Labute approximate surface area is 215 Å². The summed E-state index contributed by atoms with van der Waals surface area (Å²) >= 11 is 0. The summed E-state index contributed by atoms with van der Waals surface area (Å²) in [6, 6.07) is 8.85. The highest BCUT2D eigenvalue weighted by Gasteiger charge is 2.25. The highest BCUT2D eigenvalue weighted by Crippen LogP contribution is 2.34. The summed E-state index contributed by atoms with van der Waals surface area (Å²) in [4.78, 5) is 31.8. The maximum atomic E-state index is 12.4. The van der Waals surface area contributed by atoms with Crippen molar-refractivity contribution in [1.82, 2.24) is 24.3 Å². The molecule has 188 valence electrons. The van der Waals surface area contributed by atoms with Crippen molar-refractivity contribution < 1.29 is 9.53 Å². The molecule has 0 aliphatic heterocycles. The summed E-state index contributed by atoms with van der Waals surface area (Å²) in [5.74, 6) is 7.10. The minimum absolute atomic E-state index is 0.267. The Morgan fingerprint density at radius 2 is 2.00 bits per heavy atom. The molecule has 1 atom stereocenters. The van der Waals surface area contributed by atoms with E-state index in [9.17, 15) is 4.79 Å². The zero-order valence-electron chi connectivity index (χ0n) is 21.4. The Kier molecular flexibility index (Phi) is 7.06. The van der Waals surface area contributed by atoms with E-state index in [0.717, 1.165) is 11.1 Å². The maximum absolute atomic E-state index is 12.4. The van der Waals surface area contributed by atoms with E-state index in [0.29, 0.717) is 40.0 Å². The molecule has 4 aromatic rings. The van der Waals surface area contributed by atoms with Crippen LogP contribution in [0.4, 0.5) is 11.6 Å². The molecule has 0 aliphatic rings. The van der Waals surface area contributed by atoms with E-state index in [4.69, 9.17) is 21.2 Å². The van der Waals surface area contributed by atoms with Crippen molar-refractivity contribution in [3.05, 3.63) is 65.9 Å². The van der Waals surface area contributed by atoms with Gasteiger partial charge in [-0.3, -0.25) is 9.20 Å². The van der Waals surface area contributed by atoms with Gasteiger partial charge in [0, 0.05) is 31.2 Å². The maximum Gasteiger partial charge on any atom is 0.298 e. The van der Waals surface area contributed by atoms with Gasteiger partial charge in [-0.05, 0) is 56.5 Å². The number of nitrogens with two attached hydrogens (primary N) is 2. The Morgan fingerprint density at radius 1 is 1.22 bits per heavy atom. The lowest BCUT2D eigenvalue weighted by Crippen LogP contribution is -2.29. The van der Waals surface area contributed by atoms with Gasteiger partial charge in [-0.1, -0.05) is 12.0 Å². The van der Waals surface area contributed by atoms with Gasteiger partial charge in [0.25, 0.3) is 5.91 Å². The van der Waals surface area contributed by atoms with Gasteiger partial charge in [0.1, 0.15) is 34.4 Å². The first-order valence-corrected chi connectivity index (χ1v) is 11.5.